The molecule has 2 unspecified atom stereocenters. The van der Waals surface area contributed by atoms with E-state index in [9.17, 15) is 19.8 Å². The third kappa shape index (κ3) is 50.1. The summed E-state index contributed by atoms with van der Waals surface area (Å²) in [5, 5.41) is 23.3. The van der Waals surface area contributed by atoms with Gasteiger partial charge in [0.15, 0.2) is 0 Å². The van der Waals surface area contributed by atoms with E-state index in [0.29, 0.717) is 25.9 Å². The molecule has 376 valence electrons. The van der Waals surface area contributed by atoms with Crippen molar-refractivity contribution in [3.63, 3.8) is 0 Å². The molecule has 1 amide bonds. The summed E-state index contributed by atoms with van der Waals surface area (Å²) in [6, 6.07) is -0.547. The Labute approximate surface area is 394 Å². The van der Waals surface area contributed by atoms with Crippen molar-refractivity contribution in [2.75, 3.05) is 13.2 Å². The summed E-state index contributed by atoms with van der Waals surface area (Å²) in [6.07, 6.45) is 60.8. The van der Waals surface area contributed by atoms with E-state index in [1.54, 1.807) is 0 Å². The summed E-state index contributed by atoms with van der Waals surface area (Å²) >= 11 is 0. The number of esters is 1. The Morgan fingerprint density at radius 3 is 0.968 bits per heavy atom. The molecule has 2 atom stereocenters. The number of hydrogen-bond donors (Lipinski definition) is 3. The van der Waals surface area contributed by atoms with Gasteiger partial charge in [-0.15, -0.1) is 0 Å². The molecule has 6 nitrogen and oxygen atoms in total. The highest BCUT2D eigenvalue weighted by atomic mass is 16.5. The Morgan fingerprint density at radius 2 is 0.651 bits per heavy atom. The van der Waals surface area contributed by atoms with E-state index in [0.717, 1.165) is 44.9 Å². The molecule has 0 aliphatic heterocycles. The van der Waals surface area contributed by atoms with Crippen LogP contribution in [0.1, 0.15) is 328 Å². The lowest BCUT2D eigenvalue weighted by atomic mass is 10.0. The van der Waals surface area contributed by atoms with Crippen LogP contribution >= 0.6 is 0 Å². The van der Waals surface area contributed by atoms with E-state index in [1.807, 2.05) is 0 Å². The van der Waals surface area contributed by atoms with Crippen LogP contribution in [-0.2, 0) is 14.3 Å². The third-order valence-electron chi connectivity index (χ3n) is 13.7. The van der Waals surface area contributed by atoms with Gasteiger partial charge in [0.05, 0.1) is 25.4 Å². The van der Waals surface area contributed by atoms with Crippen molar-refractivity contribution in [3.05, 3.63) is 0 Å². The summed E-state index contributed by atoms with van der Waals surface area (Å²) in [7, 11) is 0. The Kier molecular flexibility index (Phi) is 52.5. The Hall–Kier alpha value is -1.14. The molecular formula is C57H113NO5. The van der Waals surface area contributed by atoms with Crippen LogP contribution in [0.5, 0.6) is 0 Å². The normalized spacial score (nSPS) is 12.5. The summed E-state index contributed by atoms with van der Waals surface area (Å²) in [6.45, 7) is 4.96. The first-order valence-electron chi connectivity index (χ1n) is 28.8. The van der Waals surface area contributed by atoms with Gasteiger partial charge in [-0.05, 0) is 25.7 Å². The van der Waals surface area contributed by atoms with Gasteiger partial charge in [0.1, 0.15) is 0 Å². The fourth-order valence-corrected chi connectivity index (χ4v) is 9.23. The minimum absolute atomic E-state index is 0.00249. The van der Waals surface area contributed by atoms with Gasteiger partial charge < -0.3 is 20.3 Å². The predicted octanol–water partition coefficient (Wildman–Crippen LogP) is 17.5. The highest BCUT2D eigenvalue weighted by molar-refractivity contribution is 5.76. The van der Waals surface area contributed by atoms with E-state index < -0.39 is 12.1 Å². The molecule has 0 aromatic rings. The molecule has 0 saturated heterocycles. The summed E-state index contributed by atoms with van der Waals surface area (Å²) in [4.78, 5) is 24.5. The number of unbranched alkanes of at least 4 members (excludes halogenated alkanes) is 43. The van der Waals surface area contributed by atoms with E-state index in [1.165, 1.54) is 250 Å². The smallest absolute Gasteiger partial charge is 0.305 e. The van der Waals surface area contributed by atoms with E-state index >= 15 is 0 Å². The minimum atomic E-state index is -0.669. The number of hydrogen-bond acceptors (Lipinski definition) is 5. The zero-order valence-corrected chi connectivity index (χ0v) is 42.8. The Bertz CT molecular complexity index is 898. The molecule has 63 heavy (non-hydrogen) atoms. The van der Waals surface area contributed by atoms with Crippen molar-refractivity contribution in [1.82, 2.24) is 5.32 Å². The van der Waals surface area contributed by atoms with Crippen molar-refractivity contribution in [2.45, 2.75) is 341 Å². The van der Waals surface area contributed by atoms with Crippen LogP contribution < -0.4 is 5.32 Å². The summed E-state index contributed by atoms with van der Waals surface area (Å²) in [5.74, 6) is -0.0372. The maximum atomic E-state index is 12.5. The maximum absolute atomic E-state index is 12.5. The number of nitrogens with one attached hydrogen (secondary N) is 1. The SMILES string of the molecule is CCCCCCCCCCCCCCCCCCCCCC(O)C(CO)NC(=O)CCCCCCCCCCCCCCCCCOC(=O)CCCCCCCCCCCCCC. The van der Waals surface area contributed by atoms with Crippen LogP contribution in [0.15, 0.2) is 0 Å². The van der Waals surface area contributed by atoms with Crippen LogP contribution in [0.3, 0.4) is 0 Å². The lowest BCUT2D eigenvalue weighted by Crippen LogP contribution is -2.45. The molecule has 6 heteroatoms. The van der Waals surface area contributed by atoms with Crippen LogP contribution in [0.25, 0.3) is 0 Å². The number of ether oxygens (including phenoxy) is 1. The Balaban J connectivity index is 3.42. The third-order valence-corrected chi connectivity index (χ3v) is 13.7. The van der Waals surface area contributed by atoms with Crippen molar-refractivity contribution in [1.29, 1.82) is 0 Å². The standard InChI is InChI=1S/C57H113NO5/c1-3-5-7-9-11-13-15-17-18-19-20-21-23-26-29-33-37-41-45-49-55(60)54(53-59)58-56(61)50-46-42-38-34-30-27-24-22-25-28-32-36-40-44-48-52-63-57(62)51-47-43-39-35-31-16-14-12-10-8-6-4-2/h54-55,59-60H,3-53H2,1-2H3,(H,58,61). The van der Waals surface area contributed by atoms with E-state index in [2.05, 4.69) is 19.2 Å². The summed E-state index contributed by atoms with van der Waals surface area (Å²) < 4.78 is 5.46. The fraction of sp³-hybridized carbons (Fsp3) is 0.965. The van der Waals surface area contributed by atoms with Crippen molar-refractivity contribution in [2.24, 2.45) is 0 Å². The monoisotopic (exact) mass is 892 g/mol. The Morgan fingerprint density at radius 1 is 0.381 bits per heavy atom. The number of aliphatic hydroxyl groups excluding tert-OH is 2. The molecule has 3 N–H and O–H groups in total. The molecule has 0 aromatic carbocycles. The van der Waals surface area contributed by atoms with Gasteiger partial charge in [-0.1, -0.05) is 290 Å². The molecule has 0 saturated carbocycles. The number of aliphatic hydroxyl groups is 2. The zero-order chi connectivity index (χ0) is 45.8. The molecule has 0 spiro atoms. The first kappa shape index (κ1) is 61.9. The van der Waals surface area contributed by atoms with Crippen molar-refractivity contribution < 1.29 is 24.5 Å². The average molecular weight is 893 g/mol. The number of amides is 1. The largest absolute Gasteiger partial charge is 0.466 e. The van der Waals surface area contributed by atoms with E-state index in [-0.39, 0.29) is 18.5 Å². The molecule has 0 rings (SSSR count). The quantitative estimate of drug-likeness (QED) is 0.0418. The number of carbonyl (C=O) groups is 2. The molecule has 0 aromatic heterocycles. The van der Waals surface area contributed by atoms with Crippen LogP contribution in [-0.4, -0.2) is 47.4 Å². The lowest BCUT2D eigenvalue weighted by Gasteiger charge is -2.22. The topological polar surface area (TPSA) is 95.9 Å². The second-order valence-corrected chi connectivity index (χ2v) is 20.0. The second-order valence-electron chi connectivity index (χ2n) is 20.0. The van der Waals surface area contributed by atoms with Gasteiger partial charge >= 0.3 is 5.97 Å². The van der Waals surface area contributed by atoms with Crippen LogP contribution in [0, 0.1) is 0 Å². The molecule has 0 aliphatic carbocycles. The van der Waals surface area contributed by atoms with Crippen molar-refractivity contribution in [3.8, 4) is 0 Å². The maximum Gasteiger partial charge on any atom is 0.305 e. The van der Waals surface area contributed by atoms with Crippen LogP contribution in [0.4, 0.5) is 0 Å². The highest BCUT2D eigenvalue weighted by Crippen LogP contribution is 2.18. The van der Waals surface area contributed by atoms with Gasteiger partial charge in [0, 0.05) is 12.8 Å². The number of rotatable bonds is 54. The fourth-order valence-electron chi connectivity index (χ4n) is 9.23. The molecule has 0 bridgehead atoms. The first-order valence-corrected chi connectivity index (χ1v) is 28.8. The predicted molar refractivity (Wildman–Crippen MR) is 274 cm³/mol. The van der Waals surface area contributed by atoms with Crippen molar-refractivity contribution >= 4 is 11.9 Å². The molecule has 0 aliphatic rings. The summed E-state index contributed by atoms with van der Waals surface area (Å²) in [5.41, 5.74) is 0. The number of carbonyl (C=O) groups excluding carboxylic acids is 2. The molecule has 0 fully saturated rings. The molecular weight excluding hydrogens is 779 g/mol. The van der Waals surface area contributed by atoms with Gasteiger partial charge in [0.25, 0.3) is 0 Å². The highest BCUT2D eigenvalue weighted by Gasteiger charge is 2.20. The van der Waals surface area contributed by atoms with Gasteiger partial charge in [-0.3, -0.25) is 9.59 Å². The lowest BCUT2D eigenvalue weighted by molar-refractivity contribution is -0.143. The minimum Gasteiger partial charge on any atom is -0.466 e. The van der Waals surface area contributed by atoms with Gasteiger partial charge in [0.2, 0.25) is 5.91 Å². The van der Waals surface area contributed by atoms with Gasteiger partial charge in [-0.25, -0.2) is 0 Å². The zero-order valence-electron chi connectivity index (χ0n) is 42.8. The molecule has 0 radical (unpaired) electrons. The first-order chi connectivity index (χ1) is 31.0. The van der Waals surface area contributed by atoms with Gasteiger partial charge in [-0.2, -0.15) is 0 Å². The molecule has 0 heterocycles. The van der Waals surface area contributed by atoms with Crippen LogP contribution in [0.2, 0.25) is 0 Å². The second kappa shape index (κ2) is 53.5. The van der Waals surface area contributed by atoms with E-state index in [4.69, 9.17) is 4.74 Å². The average Bonchev–Trinajstić information content (AvgIpc) is 3.28.